The second-order valence-electron chi connectivity index (χ2n) is 4.74. The molecule has 0 amide bonds. The Morgan fingerprint density at radius 3 is 2.72 bits per heavy atom. The molecule has 4 rings (SSSR count). The summed E-state index contributed by atoms with van der Waals surface area (Å²) in [5.74, 6) is 0. The van der Waals surface area contributed by atoms with Gasteiger partial charge >= 0.3 is 0 Å². The van der Waals surface area contributed by atoms with Crippen LogP contribution in [0.25, 0.3) is 21.8 Å². The van der Waals surface area contributed by atoms with Gasteiger partial charge in [-0.05, 0) is 24.3 Å². The summed E-state index contributed by atoms with van der Waals surface area (Å²) >= 11 is 6.11. The smallest absolute Gasteiger partial charge is 0.0988 e. The van der Waals surface area contributed by atoms with Crippen molar-refractivity contribution in [2.75, 3.05) is 6.61 Å². The average molecular weight is 258 g/mol. The number of benzene rings is 2. The fraction of sp³-hybridized carbons (Fsp3) is 0.200. The Morgan fingerprint density at radius 2 is 1.89 bits per heavy atom. The first-order valence-electron chi connectivity index (χ1n) is 6.11. The quantitative estimate of drug-likeness (QED) is 0.638. The number of aromatic nitrogens is 1. The van der Waals surface area contributed by atoms with Crippen LogP contribution < -0.4 is 0 Å². The van der Waals surface area contributed by atoms with E-state index in [0.29, 0.717) is 6.10 Å². The summed E-state index contributed by atoms with van der Waals surface area (Å²) in [7, 11) is 0. The lowest BCUT2D eigenvalue weighted by atomic mass is 10.2. The molecule has 0 radical (unpaired) electrons. The Bertz CT molecular complexity index is 743. The number of hydrogen-bond donors (Lipinski definition) is 0. The molecule has 0 bridgehead atoms. The van der Waals surface area contributed by atoms with Crippen molar-refractivity contribution in [3.8, 4) is 0 Å². The van der Waals surface area contributed by atoms with E-state index in [9.17, 15) is 0 Å². The highest BCUT2D eigenvalue weighted by Gasteiger charge is 2.24. The Morgan fingerprint density at radius 1 is 1.11 bits per heavy atom. The predicted octanol–water partition coefficient (Wildman–Crippen LogP) is 3.85. The molecule has 1 saturated heterocycles. The normalized spacial score (nSPS) is 18.6. The minimum atomic E-state index is 0.375. The molecule has 18 heavy (non-hydrogen) atoms. The molecule has 3 aromatic rings. The monoisotopic (exact) mass is 257 g/mol. The van der Waals surface area contributed by atoms with Crippen molar-refractivity contribution in [2.24, 2.45) is 0 Å². The molecule has 0 N–H and O–H groups in total. The van der Waals surface area contributed by atoms with Gasteiger partial charge in [-0.25, -0.2) is 0 Å². The van der Waals surface area contributed by atoms with Crippen molar-refractivity contribution in [1.82, 2.24) is 4.57 Å². The van der Waals surface area contributed by atoms with Crippen LogP contribution in [0, 0.1) is 0 Å². The second-order valence-corrected chi connectivity index (χ2v) is 5.18. The van der Waals surface area contributed by atoms with Crippen LogP contribution in [-0.4, -0.2) is 17.3 Å². The highest BCUT2D eigenvalue weighted by atomic mass is 35.5. The lowest BCUT2D eigenvalue weighted by Gasteiger charge is -2.04. The number of para-hydroxylation sites is 1. The third-order valence-corrected chi connectivity index (χ3v) is 3.76. The van der Waals surface area contributed by atoms with Crippen molar-refractivity contribution < 1.29 is 4.74 Å². The zero-order valence-corrected chi connectivity index (χ0v) is 10.5. The maximum atomic E-state index is 6.11. The summed E-state index contributed by atoms with van der Waals surface area (Å²) < 4.78 is 7.69. The van der Waals surface area contributed by atoms with Crippen molar-refractivity contribution >= 4 is 33.4 Å². The maximum Gasteiger partial charge on any atom is 0.0988 e. The number of nitrogens with zero attached hydrogens (tertiary/aromatic N) is 1. The van der Waals surface area contributed by atoms with Gasteiger partial charge in [-0.1, -0.05) is 29.8 Å². The fourth-order valence-corrected chi connectivity index (χ4v) is 2.77. The van der Waals surface area contributed by atoms with Gasteiger partial charge in [-0.2, -0.15) is 0 Å². The van der Waals surface area contributed by atoms with Gasteiger partial charge < -0.3 is 9.30 Å². The van der Waals surface area contributed by atoms with E-state index < -0.39 is 0 Å². The molecule has 0 saturated carbocycles. The van der Waals surface area contributed by atoms with Gasteiger partial charge in [0.1, 0.15) is 0 Å². The van der Waals surface area contributed by atoms with E-state index in [1.54, 1.807) is 0 Å². The number of rotatable bonds is 2. The minimum absolute atomic E-state index is 0.375. The van der Waals surface area contributed by atoms with E-state index in [4.69, 9.17) is 16.3 Å². The lowest BCUT2D eigenvalue weighted by Crippen LogP contribution is -2.03. The summed E-state index contributed by atoms with van der Waals surface area (Å²) in [6.45, 7) is 1.80. The molecule has 1 aliphatic rings. The molecule has 0 aliphatic carbocycles. The minimum Gasteiger partial charge on any atom is -0.371 e. The highest BCUT2D eigenvalue weighted by Crippen LogP contribution is 2.32. The van der Waals surface area contributed by atoms with Gasteiger partial charge in [0.2, 0.25) is 0 Å². The van der Waals surface area contributed by atoms with Gasteiger partial charge in [0, 0.05) is 26.8 Å². The molecular formula is C15H12ClNO. The first kappa shape index (κ1) is 10.4. The molecule has 2 aromatic carbocycles. The summed E-state index contributed by atoms with van der Waals surface area (Å²) in [6, 6.07) is 14.5. The van der Waals surface area contributed by atoms with E-state index in [0.717, 1.165) is 18.2 Å². The van der Waals surface area contributed by atoms with Gasteiger partial charge in [0.25, 0.3) is 0 Å². The van der Waals surface area contributed by atoms with Crippen LogP contribution in [0.4, 0.5) is 0 Å². The van der Waals surface area contributed by atoms with Crippen molar-refractivity contribution in [3.63, 3.8) is 0 Å². The van der Waals surface area contributed by atoms with Crippen LogP contribution in [-0.2, 0) is 11.3 Å². The molecule has 2 nitrogen and oxygen atoms in total. The Labute approximate surface area is 110 Å². The third-order valence-electron chi connectivity index (χ3n) is 3.52. The summed E-state index contributed by atoms with van der Waals surface area (Å²) in [4.78, 5) is 0. The Kier molecular flexibility index (Phi) is 2.16. The summed E-state index contributed by atoms with van der Waals surface area (Å²) in [6.07, 6.45) is 0.375. The first-order chi connectivity index (χ1) is 8.83. The van der Waals surface area contributed by atoms with Crippen LogP contribution in [0.1, 0.15) is 0 Å². The maximum absolute atomic E-state index is 6.11. The zero-order chi connectivity index (χ0) is 12.1. The van der Waals surface area contributed by atoms with Gasteiger partial charge in [-0.15, -0.1) is 0 Å². The molecule has 1 aromatic heterocycles. The number of epoxide rings is 1. The zero-order valence-electron chi connectivity index (χ0n) is 9.77. The van der Waals surface area contributed by atoms with Crippen molar-refractivity contribution in [2.45, 2.75) is 12.6 Å². The van der Waals surface area contributed by atoms with Crippen molar-refractivity contribution in [3.05, 3.63) is 47.5 Å². The third kappa shape index (κ3) is 1.53. The molecule has 1 atom stereocenters. The molecule has 1 aliphatic heterocycles. The van der Waals surface area contributed by atoms with Crippen LogP contribution in [0.15, 0.2) is 42.5 Å². The standard InChI is InChI=1S/C15H12ClNO/c16-10-5-6-15-13(7-10)12-3-1-2-4-14(12)17(15)8-11-9-18-11/h1-7,11H,8-9H2/t11-/m0/s1. The number of ether oxygens (including phenoxy) is 1. The Balaban J connectivity index is 2.09. The van der Waals surface area contributed by atoms with Gasteiger partial charge in [0.05, 0.1) is 19.3 Å². The fourth-order valence-electron chi connectivity index (χ4n) is 2.60. The molecule has 0 spiro atoms. The number of halogens is 1. The molecular weight excluding hydrogens is 246 g/mol. The highest BCUT2D eigenvalue weighted by molar-refractivity contribution is 6.31. The largest absolute Gasteiger partial charge is 0.371 e. The average Bonchev–Trinajstić information content (AvgIpc) is 3.15. The van der Waals surface area contributed by atoms with E-state index in [2.05, 4.69) is 34.9 Å². The van der Waals surface area contributed by atoms with Crippen LogP contribution in [0.5, 0.6) is 0 Å². The van der Waals surface area contributed by atoms with E-state index in [1.807, 2.05) is 12.1 Å². The molecule has 3 heteroatoms. The van der Waals surface area contributed by atoms with Crippen LogP contribution >= 0.6 is 11.6 Å². The van der Waals surface area contributed by atoms with E-state index >= 15 is 0 Å². The Hall–Kier alpha value is -1.51. The van der Waals surface area contributed by atoms with Crippen LogP contribution in [0.2, 0.25) is 5.02 Å². The van der Waals surface area contributed by atoms with E-state index in [-0.39, 0.29) is 0 Å². The SMILES string of the molecule is Clc1ccc2c(c1)c1ccccc1n2C[C@H]1CO1. The van der Waals surface area contributed by atoms with E-state index in [1.165, 1.54) is 21.8 Å². The second kappa shape index (κ2) is 3.74. The van der Waals surface area contributed by atoms with Gasteiger partial charge in [0.15, 0.2) is 0 Å². The number of fused-ring (bicyclic) bond motifs is 3. The summed E-state index contributed by atoms with van der Waals surface area (Å²) in [5.41, 5.74) is 2.49. The lowest BCUT2D eigenvalue weighted by molar-refractivity contribution is 0.387. The first-order valence-corrected chi connectivity index (χ1v) is 6.49. The summed E-state index contributed by atoms with van der Waals surface area (Å²) in [5, 5.41) is 3.27. The molecule has 0 unspecified atom stereocenters. The number of hydrogen-bond acceptors (Lipinski definition) is 1. The molecule has 90 valence electrons. The van der Waals surface area contributed by atoms with Crippen LogP contribution in [0.3, 0.4) is 0 Å². The topological polar surface area (TPSA) is 17.5 Å². The molecule has 1 fully saturated rings. The molecule has 2 heterocycles. The predicted molar refractivity (Wildman–Crippen MR) is 74.2 cm³/mol. The van der Waals surface area contributed by atoms with Crippen molar-refractivity contribution in [1.29, 1.82) is 0 Å². The van der Waals surface area contributed by atoms with Gasteiger partial charge in [-0.3, -0.25) is 0 Å².